The zero-order valence-electron chi connectivity index (χ0n) is 58.8. The second kappa shape index (κ2) is 30.0. The normalized spacial score (nSPS) is 23.6. The lowest BCUT2D eigenvalue weighted by molar-refractivity contribution is -0.141. The Labute approximate surface area is 582 Å². The topological polar surface area (TPSA) is 228 Å². The number of thioether (sulfide) groups is 2. The van der Waals surface area contributed by atoms with Gasteiger partial charge in [0, 0.05) is 83.7 Å². The van der Waals surface area contributed by atoms with Crippen molar-refractivity contribution >= 4 is 109 Å². The van der Waals surface area contributed by atoms with Crippen LogP contribution >= 0.6 is 23.5 Å². The molecule has 3 fully saturated rings. The molecule has 22 nitrogen and oxygen atoms in total. The Morgan fingerprint density at radius 3 is 1.44 bits per heavy atom. The maximum Gasteiger partial charge on any atom is 0.418 e. The molecule has 1 saturated heterocycles. The van der Waals surface area contributed by atoms with Crippen molar-refractivity contribution in [3.05, 3.63) is 118 Å². The van der Waals surface area contributed by atoms with Crippen LogP contribution < -0.4 is 9.47 Å². The number of carbonyl (C=O) groups excluding carboxylic acids is 4. The van der Waals surface area contributed by atoms with Gasteiger partial charge in [0.05, 0.1) is 63.5 Å². The van der Waals surface area contributed by atoms with Gasteiger partial charge in [-0.25, -0.2) is 52.2 Å². The standard InChI is InChI=1S/C36H46F2N6O5SSi.C33H42FN5O6SSi/c1-34(2,3)49-33(46)44(22-48-14-15-51(7,8)9)32-42-35(4,29-18-36(29,50-32)31(45)43-13-12-24(37)21-43)26-16-23(19-41-30(26)47-6)17-27(38)28-11-10-25(39-5)20-40-28;1-31(2,3)45-30(41)39(20-44-13-14-47(8,9)10)29-38-32(4,26-17-33(26,46-29)28(40)43-7)23-15-21(18-37-27(23)42-6)16-24(34)25-12-11-22(35-5)19-36-25/h10-11,16-17,19-20,24,29H,12-15,18,21-22H2,1-4,6-9H3;11-12,15-16,18-19,26H,13-14,17,20H2,1-4,6-10H3/b27-17-;24-16-/t24-,29+,35-,36+;26-,32+,33-/m10/s1. The fourth-order valence-electron chi connectivity index (χ4n) is 11.4. The highest BCUT2D eigenvalue weighted by Gasteiger charge is 2.74. The molecule has 29 heteroatoms. The molecule has 0 spiro atoms. The van der Waals surface area contributed by atoms with E-state index in [-0.39, 0.29) is 83.3 Å². The maximum absolute atomic E-state index is 15.5. The Kier molecular flexibility index (Phi) is 23.3. The number of alkyl halides is 1. The number of halogens is 3. The third kappa shape index (κ3) is 18.0. The van der Waals surface area contributed by atoms with Gasteiger partial charge in [0.2, 0.25) is 29.0 Å². The summed E-state index contributed by atoms with van der Waals surface area (Å²) in [6, 6.07) is 11.0. The Balaban J connectivity index is 0.000000251. The first-order chi connectivity index (χ1) is 45.8. The Morgan fingerprint density at radius 1 is 0.663 bits per heavy atom. The number of rotatable bonds is 20. The predicted octanol–water partition coefficient (Wildman–Crippen LogP) is 15.0. The molecular weight excluding hydrogens is 1340 g/mol. The van der Waals surface area contributed by atoms with Gasteiger partial charge in [-0.1, -0.05) is 74.9 Å². The SMILES string of the molecule is [C-]#[N+]c1ccc(/C(F)=C/c2cnc(OC)c([C@@]3(C)N=C(N(COCC[Si](C)(C)C)C(=O)OC(C)(C)C)S[C@@]4(C(=O)N5CC[C@@H](F)C5)C[C@H]43)c2)nc1.[C-]#[N+]c1ccc(/C(F)=C/c2cnc(OC)c([C@@]3(C)N=C(N(COCC[Si](C)(C)C)C(=O)OC(C)(C)C)S[C@@]4(C(=O)OC)C[C@H]43)c2)nc1. The molecule has 9 rings (SSSR count). The number of hydrogen-bond donors (Lipinski definition) is 0. The lowest BCUT2D eigenvalue weighted by Crippen LogP contribution is -2.49. The summed E-state index contributed by atoms with van der Waals surface area (Å²) in [4.78, 5) is 93.3. The molecule has 3 aliphatic heterocycles. The molecule has 3 amide bonds. The van der Waals surface area contributed by atoms with E-state index >= 15 is 8.78 Å². The molecule has 526 valence electrons. The number of hydrogen-bond acceptors (Lipinski definition) is 19. The summed E-state index contributed by atoms with van der Waals surface area (Å²) in [5.74, 6) is -2.22. The van der Waals surface area contributed by atoms with Crippen LogP contribution in [-0.4, -0.2) is 173 Å². The number of methoxy groups -OCH3 is 3. The molecule has 0 N–H and O–H groups in total. The first-order valence-corrected chi connectivity index (χ1v) is 41.2. The first-order valence-electron chi connectivity index (χ1n) is 32.1. The summed E-state index contributed by atoms with van der Waals surface area (Å²) >= 11 is 2.34. The summed E-state index contributed by atoms with van der Waals surface area (Å²) in [7, 11) is 1.40. The van der Waals surface area contributed by atoms with Gasteiger partial charge in [-0.2, -0.15) is 0 Å². The van der Waals surface area contributed by atoms with E-state index in [4.69, 9.17) is 56.3 Å². The Morgan fingerprint density at radius 2 is 1.08 bits per heavy atom. The second-order valence-electron chi connectivity index (χ2n) is 29.4. The van der Waals surface area contributed by atoms with Crippen molar-refractivity contribution in [1.29, 1.82) is 0 Å². The number of aliphatic imine (C=N–C) groups is 2. The van der Waals surface area contributed by atoms with Crippen molar-refractivity contribution in [2.24, 2.45) is 21.8 Å². The zero-order valence-corrected chi connectivity index (χ0v) is 62.4. The number of esters is 1. The number of aromatic nitrogens is 4. The lowest BCUT2D eigenvalue weighted by Gasteiger charge is -2.38. The van der Waals surface area contributed by atoms with Gasteiger partial charge in [-0.05, 0) is 134 Å². The van der Waals surface area contributed by atoms with Crippen LogP contribution in [0.5, 0.6) is 11.8 Å². The van der Waals surface area contributed by atoms with Crippen LogP contribution in [0.1, 0.15) is 108 Å². The summed E-state index contributed by atoms with van der Waals surface area (Å²) in [6.45, 7) is 42.8. The Hall–Kier alpha value is -7.68. The minimum absolute atomic E-state index is 0.00196. The zero-order chi connectivity index (χ0) is 72.1. The fraction of sp³-hybridized carbons (Fsp3) is 0.536. The highest BCUT2D eigenvalue weighted by molar-refractivity contribution is 8.16. The van der Waals surface area contributed by atoms with Gasteiger partial charge in [0.1, 0.15) is 52.0 Å². The first kappa shape index (κ1) is 76.1. The van der Waals surface area contributed by atoms with E-state index in [0.717, 1.165) is 23.9 Å². The summed E-state index contributed by atoms with van der Waals surface area (Å²) in [5.41, 5.74) is -1.54. The lowest BCUT2D eigenvalue weighted by atomic mass is 9.85. The van der Waals surface area contributed by atoms with Crippen LogP contribution in [0.25, 0.3) is 33.5 Å². The van der Waals surface area contributed by atoms with Crippen molar-refractivity contribution in [3.63, 3.8) is 0 Å². The average Bonchev–Trinajstić information content (AvgIpc) is 1.53. The minimum atomic E-state index is -1.45. The van der Waals surface area contributed by atoms with E-state index in [2.05, 4.69) is 68.9 Å². The Bertz CT molecular complexity index is 3870. The molecule has 0 unspecified atom stereocenters. The van der Waals surface area contributed by atoms with Crippen molar-refractivity contribution in [3.8, 4) is 11.8 Å². The van der Waals surface area contributed by atoms with E-state index in [1.54, 1.807) is 58.6 Å². The van der Waals surface area contributed by atoms with E-state index in [1.807, 2.05) is 13.8 Å². The van der Waals surface area contributed by atoms with Gasteiger partial charge in [-0.3, -0.25) is 29.5 Å². The average molecular weight is 1420 g/mol. The quantitative estimate of drug-likeness (QED) is 0.0200. The smallest absolute Gasteiger partial charge is 0.418 e. The van der Waals surface area contributed by atoms with Gasteiger partial charge < -0.3 is 38.1 Å². The van der Waals surface area contributed by atoms with Crippen LogP contribution in [-0.2, 0) is 44.4 Å². The highest BCUT2D eigenvalue weighted by Crippen LogP contribution is 2.69. The molecule has 0 radical (unpaired) electrons. The molecule has 4 aromatic rings. The maximum atomic E-state index is 15.5. The van der Waals surface area contributed by atoms with Gasteiger partial charge in [-0.15, -0.1) is 0 Å². The van der Waals surface area contributed by atoms with Gasteiger partial charge in [0.25, 0.3) is 0 Å². The highest BCUT2D eigenvalue weighted by atomic mass is 32.2. The number of pyridine rings is 4. The van der Waals surface area contributed by atoms with E-state index in [9.17, 15) is 23.6 Å². The number of nitrogens with zero attached hydrogens (tertiary/aromatic N) is 11. The van der Waals surface area contributed by atoms with Crippen molar-refractivity contribution in [2.45, 2.75) is 164 Å². The largest absolute Gasteiger partial charge is 0.481 e. The third-order valence-electron chi connectivity index (χ3n) is 16.9. The van der Waals surface area contributed by atoms with Crippen LogP contribution in [0, 0.1) is 25.0 Å². The number of ether oxygens (including phenoxy) is 7. The number of amidine groups is 2. The molecule has 2 aliphatic carbocycles. The molecule has 7 atom stereocenters. The second-order valence-corrected chi connectivity index (χ2v) is 43.2. The molecule has 0 bridgehead atoms. The predicted molar refractivity (Wildman–Crippen MR) is 379 cm³/mol. The molecule has 98 heavy (non-hydrogen) atoms. The van der Waals surface area contributed by atoms with Crippen molar-refractivity contribution < 1.29 is 65.5 Å². The monoisotopic (exact) mass is 1420 g/mol. The summed E-state index contributed by atoms with van der Waals surface area (Å²) < 4.78 is 83.3. The van der Waals surface area contributed by atoms with E-state index in [0.29, 0.717) is 60.5 Å². The van der Waals surface area contributed by atoms with Crippen LogP contribution in [0.4, 0.5) is 34.1 Å². The fourth-order valence-corrected chi connectivity index (χ4v) is 16.1. The molecule has 5 aliphatic rings. The van der Waals surface area contributed by atoms with Crippen LogP contribution in [0.3, 0.4) is 0 Å². The number of amides is 3. The number of carbonyl (C=O) groups is 4. The van der Waals surface area contributed by atoms with Crippen LogP contribution in [0.2, 0.25) is 51.4 Å². The minimum Gasteiger partial charge on any atom is -0.481 e. The molecule has 4 aromatic heterocycles. The van der Waals surface area contributed by atoms with Crippen molar-refractivity contribution in [1.82, 2.24) is 34.6 Å². The number of likely N-dealkylation sites (tertiary alicyclic amines) is 1. The number of fused-ring (bicyclic) bond motifs is 2. The molecule has 7 heterocycles. The van der Waals surface area contributed by atoms with Crippen LogP contribution in [0.15, 0.2) is 71.2 Å². The third-order valence-corrected chi connectivity index (χ3v) is 23.2. The molecule has 0 aromatic carbocycles. The van der Waals surface area contributed by atoms with E-state index in [1.165, 1.54) is 104 Å². The van der Waals surface area contributed by atoms with Gasteiger partial charge >= 0.3 is 18.2 Å². The van der Waals surface area contributed by atoms with E-state index < -0.39 is 83.9 Å². The summed E-state index contributed by atoms with van der Waals surface area (Å²) in [6.07, 6.45) is 6.66. The summed E-state index contributed by atoms with van der Waals surface area (Å²) in [5, 5.41) is 0.448. The molecular formula is C69H88F3N11O11S2Si2. The van der Waals surface area contributed by atoms with Gasteiger partial charge in [0.15, 0.2) is 10.3 Å². The molecule has 2 saturated carbocycles. The van der Waals surface area contributed by atoms with Crippen molar-refractivity contribution in [2.75, 3.05) is 61.1 Å².